The molecule has 0 saturated carbocycles. The Labute approximate surface area is 132 Å². The predicted molar refractivity (Wildman–Crippen MR) is 90.5 cm³/mol. The average molecular weight is 303 g/mol. The van der Waals surface area contributed by atoms with Gasteiger partial charge in [-0.1, -0.05) is 37.3 Å². The van der Waals surface area contributed by atoms with E-state index in [2.05, 4.69) is 64.9 Å². The molecule has 0 aliphatic heterocycles. The van der Waals surface area contributed by atoms with Crippen molar-refractivity contribution < 1.29 is 0 Å². The van der Waals surface area contributed by atoms with Crippen LogP contribution in [0.25, 0.3) is 0 Å². The molecule has 114 valence electrons. The number of thiazole rings is 1. The van der Waals surface area contributed by atoms with Crippen LogP contribution in [-0.2, 0) is 6.54 Å². The van der Waals surface area contributed by atoms with Crippen LogP contribution in [0.2, 0.25) is 0 Å². The first-order valence-corrected chi connectivity index (χ1v) is 8.57. The van der Waals surface area contributed by atoms with Crippen LogP contribution in [0, 0.1) is 0 Å². The fraction of sp³-hybridized carbons (Fsp3) is 0.471. The summed E-state index contributed by atoms with van der Waals surface area (Å²) in [6, 6.07) is 11.2. The quantitative estimate of drug-likeness (QED) is 0.765. The monoisotopic (exact) mass is 303 g/mol. The van der Waals surface area contributed by atoms with Crippen LogP contribution in [0.4, 0.5) is 0 Å². The first kappa shape index (κ1) is 16.1. The number of nitrogens with zero attached hydrogens (tertiary/aromatic N) is 2. The molecule has 0 radical (unpaired) electrons. The molecule has 1 heterocycles. The van der Waals surface area contributed by atoms with E-state index in [9.17, 15) is 0 Å². The van der Waals surface area contributed by atoms with Gasteiger partial charge in [-0.15, -0.1) is 11.3 Å². The van der Waals surface area contributed by atoms with Crippen LogP contribution in [0.15, 0.2) is 41.2 Å². The average Bonchev–Trinajstić information content (AvgIpc) is 3.01. The highest BCUT2D eigenvalue weighted by Gasteiger charge is 2.11. The second-order valence-corrected chi connectivity index (χ2v) is 6.14. The molecule has 2 rings (SSSR count). The molecule has 0 fully saturated rings. The largest absolute Gasteiger partial charge is 0.310 e. The molecule has 0 saturated heterocycles. The van der Waals surface area contributed by atoms with Crippen molar-refractivity contribution in [3.05, 3.63) is 52.5 Å². The lowest BCUT2D eigenvalue weighted by Crippen LogP contribution is -2.27. The lowest BCUT2D eigenvalue weighted by Gasteiger charge is -2.22. The summed E-state index contributed by atoms with van der Waals surface area (Å²) < 4.78 is 0. The van der Waals surface area contributed by atoms with Gasteiger partial charge < -0.3 is 10.2 Å². The van der Waals surface area contributed by atoms with Gasteiger partial charge in [-0.25, -0.2) is 4.98 Å². The third kappa shape index (κ3) is 5.58. The maximum absolute atomic E-state index is 4.35. The van der Waals surface area contributed by atoms with Crippen molar-refractivity contribution >= 4 is 11.3 Å². The molecule has 3 nitrogen and oxygen atoms in total. The molecule has 1 atom stereocenters. The Kier molecular flexibility index (Phi) is 6.86. The second-order valence-electron chi connectivity index (χ2n) is 5.42. The highest BCUT2D eigenvalue weighted by atomic mass is 32.1. The van der Waals surface area contributed by atoms with Crippen LogP contribution >= 0.6 is 11.3 Å². The summed E-state index contributed by atoms with van der Waals surface area (Å²) in [6.45, 7) is 5.27. The molecule has 1 N–H and O–H groups in total. The normalized spacial score (nSPS) is 12.7. The number of nitrogens with one attached hydrogen (secondary N) is 1. The Bertz CT molecular complexity index is 484. The van der Waals surface area contributed by atoms with Crippen molar-refractivity contribution in [1.29, 1.82) is 0 Å². The van der Waals surface area contributed by atoms with Gasteiger partial charge in [0.05, 0.1) is 11.2 Å². The van der Waals surface area contributed by atoms with Gasteiger partial charge in [0, 0.05) is 24.5 Å². The molecular formula is C17H25N3S. The molecule has 0 aliphatic carbocycles. The Balaban J connectivity index is 1.86. The van der Waals surface area contributed by atoms with Gasteiger partial charge in [-0.05, 0) is 32.0 Å². The van der Waals surface area contributed by atoms with E-state index in [1.54, 1.807) is 11.3 Å². The SMILES string of the molecule is CCCNC(CCN(C)Cc1cscn1)c1ccccc1. The Morgan fingerprint density at radius 1 is 1.29 bits per heavy atom. The number of aromatic nitrogens is 1. The first-order chi connectivity index (χ1) is 10.3. The van der Waals surface area contributed by atoms with Gasteiger partial charge in [0.2, 0.25) is 0 Å². The molecule has 1 aromatic carbocycles. The minimum absolute atomic E-state index is 0.434. The lowest BCUT2D eigenvalue weighted by atomic mass is 10.0. The highest BCUT2D eigenvalue weighted by molar-refractivity contribution is 7.07. The van der Waals surface area contributed by atoms with Crippen molar-refractivity contribution in [3.63, 3.8) is 0 Å². The fourth-order valence-corrected chi connectivity index (χ4v) is 2.96. The van der Waals surface area contributed by atoms with E-state index in [0.29, 0.717) is 6.04 Å². The smallest absolute Gasteiger partial charge is 0.0795 e. The second kappa shape index (κ2) is 8.93. The minimum atomic E-state index is 0.434. The van der Waals surface area contributed by atoms with E-state index in [0.717, 1.165) is 32.5 Å². The van der Waals surface area contributed by atoms with Crippen LogP contribution in [-0.4, -0.2) is 30.0 Å². The van der Waals surface area contributed by atoms with Crippen LogP contribution in [0.1, 0.15) is 37.1 Å². The zero-order valence-electron chi connectivity index (χ0n) is 13.0. The van der Waals surface area contributed by atoms with Gasteiger partial charge in [0.25, 0.3) is 0 Å². The van der Waals surface area contributed by atoms with Crippen molar-refractivity contribution in [2.75, 3.05) is 20.1 Å². The summed E-state index contributed by atoms with van der Waals surface area (Å²) in [5.74, 6) is 0. The summed E-state index contributed by atoms with van der Waals surface area (Å²) >= 11 is 1.66. The van der Waals surface area contributed by atoms with Gasteiger partial charge in [-0.3, -0.25) is 0 Å². The number of hydrogen-bond acceptors (Lipinski definition) is 4. The molecule has 0 bridgehead atoms. The molecule has 4 heteroatoms. The molecular weight excluding hydrogens is 278 g/mol. The summed E-state index contributed by atoms with van der Waals surface area (Å²) in [7, 11) is 2.17. The van der Waals surface area contributed by atoms with Crippen molar-refractivity contribution in [3.8, 4) is 0 Å². The molecule has 0 aliphatic rings. The Morgan fingerprint density at radius 3 is 2.76 bits per heavy atom. The standard InChI is InChI=1S/C17H25N3S/c1-3-10-18-17(15-7-5-4-6-8-15)9-11-20(2)12-16-13-21-14-19-16/h4-8,13-14,17-18H,3,9-12H2,1-2H3. The van der Waals surface area contributed by atoms with E-state index in [-0.39, 0.29) is 0 Å². The zero-order valence-corrected chi connectivity index (χ0v) is 13.8. The van der Waals surface area contributed by atoms with Gasteiger partial charge in [0.15, 0.2) is 0 Å². The maximum Gasteiger partial charge on any atom is 0.0795 e. The van der Waals surface area contributed by atoms with E-state index in [4.69, 9.17) is 0 Å². The third-order valence-electron chi connectivity index (χ3n) is 3.56. The summed E-state index contributed by atoms with van der Waals surface area (Å²) in [4.78, 5) is 6.70. The number of rotatable bonds is 9. The molecule has 1 aromatic heterocycles. The van der Waals surface area contributed by atoms with Crippen molar-refractivity contribution in [1.82, 2.24) is 15.2 Å². The Morgan fingerprint density at radius 2 is 2.10 bits per heavy atom. The topological polar surface area (TPSA) is 28.2 Å². The van der Waals surface area contributed by atoms with Crippen LogP contribution < -0.4 is 5.32 Å². The molecule has 0 amide bonds. The maximum atomic E-state index is 4.35. The number of benzene rings is 1. The molecule has 0 spiro atoms. The van der Waals surface area contributed by atoms with Gasteiger partial charge in [-0.2, -0.15) is 0 Å². The van der Waals surface area contributed by atoms with Crippen LogP contribution in [0.5, 0.6) is 0 Å². The molecule has 2 aromatic rings. The third-order valence-corrected chi connectivity index (χ3v) is 4.19. The predicted octanol–water partition coefficient (Wildman–Crippen LogP) is 3.71. The molecule has 1 unspecified atom stereocenters. The van der Waals surface area contributed by atoms with Crippen molar-refractivity contribution in [2.24, 2.45) is 0 Å². The molecule has 21 heavy (non-hydrogen) atoms. The Hall–Kier alpha value is -1.23. The lowest BCUT2D eigenvalue weighted by molar-refractivity contribution is 0.298. The van der Waals surface area contributed by atoms with E-state index < -0.39 is 0 Å². The summed E-state index contributed by atoms with van der Waals surface area (Å²) in [6.07, 6.45) is 2.28. The van der Waals surface area contributed by atoms with E-state index in [1.807, 2.05) is 5.51 Å². The van der Waals surface area contributed by atoms with E-state index in [1.165, 1.54) is 11.3 Å². The first-order valence-electron chi connectivity index (χ1n) is 7.63. The van der Waals surface area contributed by atoms with Crippen LogP contribution in [0.3, 0.4) is 0 Å². The highest BCUT2D eigenvalue weighted by Crippen LogP contribution is 2.17. The van der Waals surface area contributed by atoms with Crippen molar-refractivity contribution in [2.45, 2.75) is 32.4 Å². The summed E-state index contributed by atoms with van der Waals surface area (Å²) in [5.41, 5.74) is 4.45. The summed E-state index contributed by atoms with van der Waals surface area (Å²) in [5, 5.41) is 5.79. The number of hydrogen-bond donors (Lipinski definition) is 1. The van der Waals surface area contributed by atoms with Gasteiger partial charge in [0.1, 0.15) is 0 Å². The zero-order chi connectivity index (χ0) is 14.9. The van der Waals surface area contributed by atoms with E-state index >= 15 is 0 Å². The fourth-order valence-electron chi connectivity index (χ4n) is 2.41. The minimum Gasteiger partial charge on any atom is -0.310 e. The van der Waals surface area contributed by atoms with Gasteiger partial charge >= 0.3 is 0 Å².